The number of H-pyrrole nitrogens is 1. The van der Waals surface area contributed by atoms with Crippen molar-refractivity contribution in [1.29, 1.82) is 0 Å². The van der Waals surface area contributed by atoms with Crippen molar-refractivity contribution < 1.29 is 0 Å². The van der Waals surface area contributed by atoms with Crippen LogP contribution in [0, 0.1) is 0 Å². The van der Waals surface area contributed by atoms with E-state index in [9.17, 15) is 0 Å². The van der Waals surface area contributed by atoms with Crippen molar-refractivity contribution in [1.82, 2.24) is 24.1 Å². The van der Waals surface area contributed by atoms with E-state index in [0.29, 0.717) is 5.82 Å². The third-order valence-electron chi connectivity index (χ3n) is 11.5. The lowest BCUT2D eigenvalue weighted by molar-refractivity contribution is 1.15. The Bertz CT molecular complexity index is 3490. The van der Waals surface area contributed by atoms with Gasteiger partial charge in [-0.2, -0.15) is 0 Å². The van der Waals surface area contributed by atoms with Crippen LogP contribution in [0.3, 0.4) is 0 Å². The third-order valence-corrected chi connectivity index (χ3v) is 11.5. The van der Waals surface area contributed by atoms with E-state index in [1.54, 1.807) is 0 Å². The summed E-state index contributed by atoms with van der Waals surface area (Å²) in [6.07, 6.45) is 0. The monoisotopic (exact) mass is 727 g/mol. The van der Waals surface area contributed by atoms with Gasteiger partial charge in [-0.25, -0.2) is 9.97 Å². The first-order chi connectivity index (χ1) is 28.3. The molecule has 0 atom stereocenters. The number of para-hydroxylation sites is 3. The first-order valence-corrected chi connectivity index (χ1v) is 19.3. The molecule has 5 nitrogen and oxygen atoms in total. The van der Waals surface area contributed by atoms with Crippen molar-refractivity contribution in [2.45, 2.75) is 0 Å². The van der Waals surface area contributed by atoms with Gasteiger partial charge in [0, 0.05) is 54.9 Å². The van der Waals surface area contributed by atoms with E-state index in [0.717, 1.165) is 61.3 Å². The molecule has 0 bridgehead atoms. The molecular weight excluding hydrogens is 695 g/mol. The van der Waals surface area contributed by atoms with Gasteiger partial charge in [0.05, 0.1) is 33.1 Å². The molecule has 0 amide bonds. The van der Waals surface area contributed by atoms with Gasteiger partial charge in [-0.1, -0.05) is 140 Å². The Kier molecular flexibility index (Phi) is 6.86. The molecule has 0 aliphatic rings. The zero-order valence-corrected chi connectivity index (χ0v) is 30.8. The maximum Gasteiger partial charge on any atom is 0.162 e. The molecule has 57 heavy (non-hydrogen) atoms. The summed E-state index contributed by atoms with van der Waals surface area (Å²) in [5, 5.41) is 7.02. The number of nitrogens with one attached hydrogen (secondary N) is 1. The number of fused-ring (bicyclic) bond motifs is 10. The predicted octanol–water partition coefficient (Wildman–Crippen LogP) is 13.3. The summed E-state index contributed by atoms with van der Waals surface area (Å²) in [4.78, 5) is 13.9. The quantitative estimate of drug-likeness (QED) is 0.192. The molecule has 12 rings (SSSR count). The summed E-state index contributed by atoms with van der Waals surface area (Å²) in [5.41, 5.74) is 14.1. The zero-order valence-electron chi connectivity index (χ0n) is 30.8. The van der Waals surface area contributed by atoms with Gasteiger partial charge in [0.1, 0.15) is 5.65 Å². The predicted molar refractivity (Wildman–Crippen MR) is 236 cm³/mol. The molecule has 4 aromatic heterocycles. The molecule has 4 heterocycles. The zero-order chi connectivity index (χ0) is 37.5. The summed E-state index contributed by atoms with van der Waals surface area (Å²) in [6.45, 7) is 0. The molecule has 0 fully saturated rings. The molecule has 0 aliphatic carbocycles. The number of aromatic nitrogens is 5. The minimum Gasteiger partial charge on any atom is -0.339 e. The van der Waals surface area contributed by atoms with Crippen molar-refractivity contribution >= 4 is 65.5 Å². The summed E-state index contributed by atoms with van der Waals surface area (Å²) >= 11 is 0. The molecule has 0 spiro atoms. The molecule has 12 aromatic rings. The lowest BCUT2D eigenvalue weighted by Gasteiger charge is -2.12. The normalized spacial score (nSPS) is 11.9. The minimum absolute atomic E-state index is 0.703. The largest absolute Gasteiger partial charge is 0.339 e. The average Bonchev–Trinajstić information content (AvgIpc) is 3.94. The Balaban J connectivity index is 1.12. The van der Waals surface area contributed by atoms with Crippen LogP contribution in [0.1, 0.15) is 0 Å². The number of hydrogen-bond donors (Lipinski definition) is 1. The highest BCUT2D eigenvalue weighted by atomic mass is 15.0. The molecule has 266 valence electrons. The standard InChI is InChI=1S/C52H33N5/c1-5-15-33(16-6-1)48-47-43-32-35(25-29-44(43)53-52(47)55-51(54-48)34-17-7-2-8-18-34)36-26-30-46-42(31-36)41-28-27-40-39-23-13-14-24-45(39)56(37-19-9-3-10-20-37)49(40)50(41)57(46)38-21-11-4-12-22-38/h1-32H,(H,53,54,55). The molecule has 5 heteroatoms. The number of rotatable bonds is 5. The van der Waals surface area contributed by atoms with E-state index in [2.05, 4.69) is 184 Å². The minimum atomic E-state index is 0.703. The molecule has 1 N–H and O–H groups in total. The van der Waals surface area contributed by atoms with Gasteiger partial charge in [0.25, 0.3) is 0 Å². The van der Waals surface area contributed by atoms with E-state index < -0.39 is 0 Å². The second kappa shape index (κ2) is 12.4. The Morgan fingerprint density at radius 2 is 0.895 bits per heavy atom. The highest BCUT2D eigenvalue weighted by molar-refractivity contribution is 6.24. The SMILES string of the molecule is c1ccc(-c2nc(-c3ccccc3)c3c(n2)[nH]c2ccc(-c4ccc5c(c4)c4ccc6c7ccccc7n(-c7ccccc7)c6c4n5-c4ccccc4)cc23)cc1. The first-order valence-electron chi connectivity index (χ1n) is 19.3. The Hall–Kier alpha value is -7.76. The first kappa shape index (κ1) is 31.6. The van der Waals surface area contributed by atoms with E-state index in [1.165, 1.54) is 43.6 Å². The second-order valence-corrected chi connectivity index (χ2v) is 14.7. The smallest absolute Gasteiger partial charge is 0.162 e. The van der Waals surface area contributed by atoms with Crippen LogP contribution in [0.5, 0.6) is 0 Å². The van der Waals surface area contributed by atoms with Crippen LogP contribution in [0.2, 0.25) is 0 Å². The molecule has 0 saturated carbocycles. The van der Waals surface area contributed by atoms with E-state index in [1.807, 2.05) is 24.3 Å². The molecular formula is C52H33N5. The molecule has 0 unspecified atom stereocenters. The lowest BCUT2D eigenvalue weighted by atomic mass is 9.99. The van der Waals surface area contributed by atoms with Crippen molar-refractivity contribution in [3.8, 4) is 45.1 Å². The second-order valence-electron chi connectivity index (χ2n) is 14.7. The Morgan fingerprint density at radius 3 is 1.56 bits per heavy atom. The Morgan fingerprint density at radius 1 is 0.368 bits per heavy atom. The molecule has 0 saturated heterocycles. The lowest BCUT2D eigenvalue weighted by Crippen LogP contribution is -1.98. The topological polar surface area (TPSA) is 51.4 Å². The number of aromatic amines is 1. The van der Waals surface area contributed by atoms with Gasteiger partial charge in [-0.3, -0.25) is 0 Å². The van der Waals surface area contributed by atoms with Crippen LogP contribution in [-0.2, 0) is 0 Å². The van der Waals surface area contributed by atoms with Gasteiger partial charge in [-0.05, 0) is 65.7 Å². The third kappa shape index (κ3) is 4.82. The van der Waals surface area contributed by atoms with Gasteiger partial charge < -0.3 is 14.1 Å². The van der Waals surface area contributed by atoms with Crippen molar-refractivity contribution in [2.24, 2.45) is 0 Å². The van der Waals surface area contributed by atoms with Crippen LogP contribution in [0.25, 0.3) is 111 Å². The van der Waals surface area contributed by atoms with Crippen LogP contribution in [0.4, 0.5) is 0 Å². The van der Waals surface area contributed by atoms with E-state index in [-0.39, 0.29) is 0 Å². The van der Waals surface area contributed by atoms with Crippen LogP contribution in [0.15, 0.2) is 194 Å². The van der Waals surface area contributed by atoms with Gasteiger partial charge in [-0.15, -0.1) is 0 Å². The summed E-state index contributed by atoms with van der Waals surface area (Å²) in [5.74, 6) is 0.703. The van der Waals surface area contributed by atoms with E-state index in [4.69, 9.17) is 9.97 Å². The van der Waals surface area contributed by atoms with E-state index >= 15 is 0 Å². The summed E-state index contributed by atoms with van der Waals surface area (Å²) in [7, 11) is 0. The fourth-order valence-corrected chi connectivity index (χ4v) is 8.92. The molecule has 8 aromatic carbocycles. The highest BCUT2D eigenvalue weighted by Crippen LogP contribution is 2.43. The maximum absolute atomic E-state index is 5.21. The van der Waals surface area contributed by atoms with Crippen molar-refractivity contribution in [3.63, 3.8) is 0 Å². The average molecular weight is 728 g/mol. The van der Waals surface area contributed by atoms with Crippen LogP contribution >= 0.6 is 0 Å². The van der Waals surface area contributed by atoms with Crippen molar-refractivity contribution in [2.75, 3.05) is 0 Å². The molecule has 0 aliphatic heterocycles. The summed E-state index contributed by atoms with van der Waals surface area (Å²) < 4.78 is 4.89. The maximum atomic E-state index is 5.21. The van der Waals surface area contributed by atoms with Crippen LogP contribution < -0.4 is 0 Å². The highest BCUT2D eigenvalue weighted by Gasteiger charge is 2.22. The molecule has 0 radical (unpaired) electrons. The van der Waals surface area contributed by atoms with Gasteiger partial charge in [0.2, 0.25) is 0 Å². The fourth-order valence-electron chi connectivity index (χ4n) is 8.92. The number of hydrogen-bond acceptors (Lipinski definition) is 2. The van der Waals surface area contributed by atoms with Crippen molar-refractivity contribution in [3.05, 3.63) is 194 Å². The Labute approximate surface area is 327 Å². The summed E-state index contributed by atoms with van der Waals surface area (Å²) in [6, 6.07) is 69.2. The van der Waals surface area contributed by atoms with Gasteiger partial charge in [0.15, 0.2) is 5.82 Å². The number of nitrogens with zero attached hydrogens (tertiary/aromatic N) is 4. The number of benzene rings is 8. The van der Waals surface area contributed by atoms with Crippen LogP contribution in [-0.4, -0.2) is 24.1 Å². The fraction of sp³-hybridized carbons (Fsp3) is 0. The van der Waals surface area contributed by atoms with Gasteiger partial charge >= 0.3 is 0 Å².